The number of pyridine rings is 1. The van der Waals surface area contributed by atoms with Gasteiger partial charge in [-0.05, 0) is 43.5 Å². The van der Waals surface area contributed by atoms with E-state index in [1.54, 1.807) is 7.11 Å². The average Bonchev–Trinajstić information content (AvgIpc) is 3.46. The molecule has 1 aromatic carbocycles. The van der Waals surface area contributed by atoms with Gasteiger partial charge in [0.05, 0.1) is 12.6 Å². The van der Waals surface area contributed by atoms with Crippen molar-refractivity contribution in [2.24, 2.45) is 5.14 Å². The van der Waals surface area contributed by atoms with Crippen LogP contribution in [0.3, 0.4) is 0 Å². The van der Waals surface area contributed by atoms with Gasteiger partial charge in [0, 0.05) is 55.5 Å². The lowest BCUT2D eigenvalue weighted by Crippen LogP contribution is -2.55. The van der Waals surface area contributed by atoms with Gasteiger partial charge in [0.1, 0.15) is 5.75 Å². The number of anilines is 1. The van der Waals surface area contributed by atoms with Gasteiger partial charge in [0.2, 0.25) is 0 Å². The Balaban J connectivity index is 1.50. The molecular formula is C19H27N5O3S. The Bertz CT molecular complexity index is 982. The second-order valence-electron chi connectivity index (χ2n) is 7.73. The maximum atomic E-state index is 11.2. The summed E-state index contributed by atoms with van der Waals surface area (Å²) in [6, 6.07) is 6.19. The van der Waals surface area contributed by atoms with Gasteiger partial charge in [-0.3, -0.25) is 9.88 Å². The van der Waals surface area contributed by atoms with Crippen molar-refractivity contribution < 1.29 is 13.2 Å². The molecule has 28 heavy (non-hydrogen) atoms. The fourth-order valence-electron chi connectivity index (χ4n) is 4.16. The molecule has 2 aromatic rings. The van der Waals surface area contributed by atoms with Crippen LogP contribution in [0.1, 0.15) is 18.4 Å². The fourth-order valence-corrected chi connectivity index (χ4v) is 4.63. The number of nitrogens with one attached hydrogen (secondary N) is 1. The van der Waals surface area contributed by atoms with Crippen LogP contribution in [0, 0.1) is 6.92 Å². The minimum atomic E-state index is -3.65. The fraction of sp³-hybridized carbons (Fsp3) is 0.526. The first-order chi connectivity index (χ1) is 13.3. The van der Waals surface area contributed by atoms with Gasteiger partial charge in [-0.2, -0.15) is 8.42 Å². The molecule has 1 aromatic heterocycles. The molecule has 9 heteroatoms. The number of nitrogens with zero attached hydrogens (tertiary/aromatic N) is 3. The number of piperazine rings is 1. The van der Waals surface area contributed by atoms with Crippen molar-refractivity contribution in [2.45, 2.75) is 25.3 Å². The number of benzene rings is 1. The molecule has 152 valence electrons. The van der Waals surface area contributed by atoms with Gasteiger partial charge in [-0.15, -0.1) is 0 Å². The van der Waals surface area contributed by atoms with Crippen LogP contribution >= 0.6 is 0 Å². The molecule has 3 N–H and O–H groups in total. The molecule has 2 fully saturated rings. The van der Waals surface area contributed by atoms with Crippen LogP contribution in [0.25, 0.3) is 10.9 Å². The van der Waals surface area contributed by atoms with Gasteiger partial charge in [0.15, 0.2) is 0 Å². The lowest BCUT2D eigenvalue weighted by Gasteiger charge is -2.41. The van der Waals surface area contributed by atoms with Crippen LogP contribution in [0.15, 0.2) is 24.4 Å². The molecule has 1 aliphatic carbocycles. The van der Waals surface area contributed by atoms with Crippen molar-refractivity contribution in [1.82, 2.24) is 14.6 Å². The van der Waals surface area contributed by atoms with E-state index in [-0.39, 0.29) is 5.54 Å². The number of aromatic nitrogens is 1. The molecule has 1 saturated heterocycles. The molecule has 2 heterocycles. The maximum absolute atomic E-state index is 11.2. The summed E-state index contributed by atoms with van der Waals surface area (Å²) < 4.78 is 30.5. The van der Waals surface area contributed by atoms with Gasteiger partial charge < -0.3 is 9.64 Å². The standard InChI is InChI=1S/C19H27N5O3S/c1-14-11-16-15(12-18(14)27-2)17(3-6-21-16)23-7-9-24(10-8-23)19(4-5-19)13-22-28(20,25)26/h3,6,11-12,22H,4-5,7-10,13H2,1-2H3,(H2,20,25,26). The van der Waals surface area contributed by atoms with E-state index in [2.05, 4.69) is 37.7 Å². The summed E-state index contributed by atoms with van der Waals surface area (Å²) in [7, 11) is -1.96. The zero-order chi connectivity index (χ0) is 19.9. The van der Waals surface area contributed by atoms with E-state index in [1.807, 2.05) is 13.1 Å². The molecule has 0 radical (unpaired) electrons. The van der Waals surface area contributed by atoms with Crippen molar-refractivity contribution in [2.75, 3.05) is 44.7 Å². The van der Waals surface area contributed by atoms with Crippen molar-refractivity contribution >= 4 is 26.8 Å². The van der Waals surface area contributed by atoms with Crippen LogP contribution in [-0.2, 0) is 10.2 Å². The van der Waals surface area contributed by atoms with Crippen molar-refractivity contribution in [3.8, 4) is 5.75 Å². The summed E-state index contributed by atoms with van der Waals surface area (Å²) in [5.41, 5.74) is 3.13. The molecule has 0 amide bonds. The Morgan fingerprint density at radius 1 is 1.25 bits per heavy atom. The Morgan fingerprint density at radius 3 is 2.57 bits per heavy atom. The first-order valence-corrected chi connectivity index (χ1v) is 11.1. The Labute approximate surface area is 165 Å². The zero-order valence-electron chi connectivity index (χ0n) is 16.3. The number of nitrogens with two attached hydrogens (primary N) is 1. The molecule has 0 unspecified atom stereocenters. The zero-order valence-corrected chi connectivity index (χ0v) is 17.1. The third-order valence-corrected chi connectivity index (χ3v) is 6.50. The van der Waals surface area contributed by atoms with Crippen LogP contribution < -0.4 is 19.5 Å². The highest BCUT2D eigenvalue weighted by atomic mass is 32.2. The minimum Gasteiger partial charge on any atom is -0.496 e. The van der Waals surface area contributed by atoms with Crippen LogP contribution in [-0.4, -0.2) is 63.7 Å². The topological polar surface area (TPSA) is 101 Å². The van der Waals surface area contributed by atoms with E-state index in [0.29, 0.717) is 6.54 Å². The predicted octanol–water partition coefficient (Wildman–Crippen LogP) is 1.000. The van der Waals surface area contributed by atoms with E-state index < -0.39 is 10.2 Å². The van der Waals surface area contributed by atoms with Crippen LogP contribution in [0.2, 0.25) is 0 Å². The van der Waals surface area contributed by atoms with Gasteiger partial charge in [-0.1, -0.05) is 0 Å². The molecule has 0 atom stereocenters. The normalized spacial score (nSPS) is 19.8. The summed E-state index contributed by atoms with van der Waals surface area (Å²) in [6.45, 7) is 5.95. The van der Waals surface area contributed by atoms with Crippen molar-refractivity contribution in [1.29, 1.82) is 0 Å². The first kappa shape index (κ1) is 19.4. The predicted molar refractivity (Wildman–Crippen MR) is 110 cm³/mol. The number of aryl methyl sites for hydroxylation is 1. The maximum Gasteiger partial charge on any atom is 0.274 e. The highest BCUT2D eigenvalue weighted by molar-refractivity contribution is 7.87. The lowest BCUT2D eigenvalue weighted by atomic mass is 10.1. The molecule has 1 saturated carbocycles. The Hall–Kier alpha value is -1.94. The highest BCUT2D eigenvalue weighted by Crippen LogP contribution is 2.42. The average molecular weight is 406 g/mol. The quantitative estimate of drug-likeness (QED) is 0.744. The highest BCUT2D eigenvalue weighted by Gasteiger charge is 2.48. The molecule has 0 spiro atoms. The largest absolute Gasteiger partial charge is 0.496 e. The number of hydrogen-bond donors (Lipinski definition) is 2. The summed E-state index contributed by atoms with van der Waals surface area (Å²) in [5, 5.41) is 6.20. The first-order valence-electron chi connectivity index (χ1n) is 9.52. The lowest BCUT2D eigenvalue weighted by molar-refractivity contribution is 0.168. The monoisotopic (exact) mass is 405 g/mol. The van der Waals surface area contributed by atoms with E-state index in [0.717, 1.165) is 66.9 Å². The number of rotatable bonds is 6. The summed E-state index contributed by atoms with van der Waals surface area (Å²) in [5.74, 6) is 0.867. The number of methoxy groups -OCH3 is 1. The number of ether oxygens (including phenoxy) is 1. The third-order valence-electron chi connectivity index (χ3n) is 5.96. The molecule has 0 bridgehead atoms. The summed E-state index contributed by atoms with van der Waals surface area (Å²) in [6.07, 6.45) is 3.86. The minimum absolute atomic E-state index is 0.0703. The number of fused-ring (bicyclic) bond motifs is 1. The summed E-state index contributed by atoms with van der Waals surface area (Å²) >= 11 is 0. The number of hydrogen-bond acceptors (Lipinski definition) is 6. The van der Waals surface area contributed by atoms with Gasteiger partial charge in [0.25, 0.3) is 10.2 Å². The Kier molecular flexibility index (Phi) is 4.95. The van der Waals surface area contributed by atoms with E-state index >= 15 is 0 Å². The smallest absolute Gasteiger partial charge is 0.274 e. The molecule has 8 nitrogen and oxygen atoms in total. The second-order valence-corrected chi connectivity index (χ2v) is 9.11. The van der Waals surface area contributed by atoms with E-state index in [9.17, 15) is 8.42 Å². The summed E-state index contributed by atoms with van der Waals surface area (Å²) in [4.78, 5) is 9.29. The van der Waals surface area contributed by atoms with Crippen molar-refractivity contribution in [3.05, 3.63) is 30.0 Å². The third kappa shape index (κ3) is 3.80. The molecule has 2 aliphatic rings. The van der Waals surface area contributed by atoms with Crippen molar-refractivity contribution in [3.63, 3.8) is 0 Å². The van der Waals surface area contributed by atoms with Gasteiger partial charge in [-0.25, -0.2) is 9.86 Å². The van der Waals surface area contributed by atoms with E-state index in [1.165, 1.54) is 0 Å². The van der Waals surface area contributed by atoms with Crippen LogP contribution in [0.4, 0.5) is 5.69 Å². The molecular weight excluding hydrogens is 378 g/mol. The Morgan fingerprint density at radius 2 is 1.96 bits per heavy atom. The van der Waals surface area contributed by atoms with Gasteiger partial charge >= 0.3 is 0 Å². The van der Waals surface area contributed by atoms with Crippen LogP contribution in [0.5, 0.6) is 5.75 Å². The second kappa shape index (κ2) is 7.14. The van der Waals surface area contributed by atoms with E-state index in [4.69, 9.17) is 9.88 Å². The molecule has 1 aliphatic heterocycles. The SMILES string of the molecule is COc1cc2c(N3CCN(C4(CNS(N)(=O)=O)CC4)CC3)ccnc2cc1C. The molecule has 4 rings (SSSR count).